The molecular formula is C15H24N2. The second kappa shape index (κ2) is 6.65. The predicted octanol–water partition coefficient (Wildman–Crippen LogP) is 3.18. The fraction of sp³-hybridized carbons (Fsp3) is 0.600. The van der Waals surface area contributed by atoms with Crippen LogP contribution in [0.4, 0.5) is 5.69 Å². The van der Waals surface area contributed by atoms with Crippen LogP contribution < -0.4 is 10.2 Å². The van der Waals surface area contributed by atoms with E-state index in [1.807, 2.05) is 0 Å². The molecule has 1 aromatic rings. The average molecular weight is 232 g/mol. The first-order valence-corrected chi connectivity index (χ1v) is 6.95. The van der Waals surface area contributed by atoms with Gasteiger partial charge in [0.2, 0.25) is 0 Å². The van der Waals surface area contributed by atoms with Gasteiger partial charge in [-0.1, -0.05) is 31.9 Å². The summed E-state index contributed by atoms with van der Waals surface area (Å²) in [5.74, 6) is 0. The van der Waals surface area contributed by atoms with Crippen molar-refractivity contribution in [1.29, 1.82) is 0 Å². The van der Waals surface area contributed by atoms with Crippen molar-refractivity contribution >= 4 is 5.69 Å². The Bertz CT molecular complexity index is 327. The monoisotopic (exact) mass is 232 g/mol. The van der Waals surface area contributed by atoms with Crippen molar-refractivity contribution in [3.05, 3.63) is 29.8 Å². The third-order valence-electron chi connectivity index (χ3n) is 3.46. The Labute approximate surface area is 105 Å². The fourth-order valence-corrected chi connectivity index (χ4v) is 2.46. The van der Waals surface area contributed by atoms with E-state index in [1.54, 1.807) is 0 Å². The van der Waals surface area contributed by atoms with Gasteiger partial charge in [-0.2, -0.15) is 0 Å². The molecule has 1 aromatic carbocycles. The zero-order chi connectivity index (χ0) is 11.9. The maximum absolute atomic E-state index is 3.39. The molecule has 0 spiro atoms. The van der Waals surface area contributed by atoms with Crippen molar-refractivity contribution < 1.29 is 0 Å². The van der Waals surface area contributed by atoms with Crippen LogP contribution in [0.5, 0.6) is 0 Å². The molecule has 1 heterocycles. The Morgan fingerprint density at radius 3 is 2.59 bits per heavy atom. The first-order chi connectivity index (χ1) is 8.40. The molecule has 2 nitrogen and oxygen atoms in total. The number of nitrogens with zero attached hydrogens (tertiary/aromatic N) is 1. The Kier molecular flexibility index (Phi) is 4.87. The summed E-state index contributed by atoms with van der Waals surface area (Å²) >= 11 is 0. The molecule has 1 aliphatic heterocycles. The van der Waals surface area contributed by atoms with Gasteiger partial charge in [-0.25, -0.2) is 0 Å². The number of rotatable bonds is 4. The zero-order valence-electron chi connectivity index (χ0n) is 10.9. The highest BCUT2D eigenvalue weighted by molar-refractivity contribution is 5.48. The Hall–Kier alpha value is -1.02. The quantitative estimate of drug-likeness (QED) is 0.857. The normalized spacial score (nSPS) is 16.9. The summed E-state index contributed by atoms with van der Waals surface area (Å²) in [5.41, 5.74) is 2.80. The minimum absolute atomic E-state index is 0.984. The van der Waals surface area contributed by atoms with E-state index >= 15 is 0 Å². The van der Waals surface area contributed by atoms with Gasteiger partial charge < -0.3 is 10.2 Å². The van der Waals surface area contributed by atoms with E-state index in [2.05, 4.69) is 41.4 Å². The minimum Gasteiger partial charge on any atom is -0.372 e. The predicted molar refractivity (Wildman–Crippen MR) is 74.5 cm³/mol. The summed E-state index contributed by atoms with van der Waals surface area (Å²) in [7, 11) is 0. The van der Waals surface area contributed by atoms with E-state index < -0.39 is 0 Å². The summed E-state index contributed by atoms with van der Waals surface area (Å²) in [6.45, 7) is 6.63. The minimum atomic E-state index is 0.984. The summed E-state index contributed by atoms with van der Waals surface area (Å²) in [6, 6.07) is 8.99. The van der Waals surface area contributed by atoms with Crippen LogP contribution in [0, 0.1) is 0 Å². The van der Waals surface area contributed by atoms with E-state index in [9.17, 15) is 0 Å². The Balaban J connectivity index is 2.03. The number of anilines is 1. The molecule has 0 atom stereocenters. The molecule has 0 aromatic heterocycles. The molecule has 1 fully saturated rings. The van der Waals surface area contributed by atoms with Crippen LogP contribution in [-0.4, -0.2) is 19.6 Å². The molecule has 1 saturated heterocycles. The molecule has 17 heavy (non-hydrogen) atoms. The van der Waals surface area contributed by atoms with Crippen LogP contribution >= 0.6 is 0 Å². The summed E-state index contributed by atoms with van der Waals surface area (Å²) in [6.07, 6.45) is 5.48. The standard InChI is InChI=1S/C15H24N2/c1-2-16-13-14-8-7-9-15(12-14)17-10-5-3-4-6-11-17/h7-9,12,16H,2-6,10-11,13H2,1H3. The van der Waals surface area contributed by atoms with Crippen molar-refractivity contribution in [3.8, 4) is 0 Å². The van der Waals surface area contributed by atoms with Crippen LogP contribution in [-0.2, 0) is 6.54 Å². The number of nitrogens with one attached hydrogen (secondary N) is 1. The Morgan fingerprint density at radius 1 is 1.12 bits per heavy atom. The molecule has 0 amide bonds. The van der Waals surface area contributed by atoms with Crippen LogP contribution in [0.2, 0.25) is 0 Å². The summed E-state index contributed by atoms with van der Waals surface area (Å²) in [5, 5.41) is 3.39. The van der Waals surface area contributed by atoms with Crippen LogP contribution in [0.15, 0.2) is 24.3 Å². The van der Waals surface area contributed by atoms with Crippen molar-refractivity contribution in [2.75, 3.05) is 24.5 Å². The molecule has 2 heteroatoms. The lowest BCUT2D eigenvalue weighted by Gasteiger charge is -2.23. The topological polar surface area (TPSA) is 15.3 Å². The van der Waals surface area contributed by atoms with Gasteiger partial charge in [-0.3, -0.25) is 0 Å². The van der Waals surface area contributed by atoms with E-state index in [4.69, 9.17) is 0 Å². The van der Waals surface area contributed by atoms with Gasteiger partial charge in [0, 0.05) is 25.3 Å². The van der Waals surface area contributed by atoms with E-state index in [-0.39, 0.29) is 0 Å². The molecule has 94 valence electrons. The average Bonchev–Trinajstić information content (AvgIpc) is 2.65. The molecule has 0 bridgehead atoms. The van der Waals surface area contributed by atoms with Gasteiger partial charge in [0.25, 0.3) is 0 Å². The maximum atomic E-state index is 3.39. The van der Waals surface area contributed by atoms with Crippen LogP contribution in [0.3, 0.4) is 0 Å². The third kappa shape index (κ3) is 3.74. The lowest BCUT2D eigenvalue weighted by atomic mass is 10.2. The second-order valence-corrected chi connectivity index (χ2v) is 4.85. The van der Waals surface area contributed by atoms with E-state index in [0.717, 1.165) is 13.1 Å². The first kappa shape index (κ1) is 12.4. The number of hydrogen-bond donors (Lipinski definition) is 1. The molecule has 0 aliphatic carbocycles. The van der Waals surface area contributed by atoms with Crippen molar-refractivity contribution in [2.24, 2.45) is 0 Å². The van der Waals surface area contributed by atoms with Gasteiger partial charge in [0.05, 0.1) is 0 Å². The number of hydrogen-bond acceptors (Lipinski definition) is 2. The lowest BCUT2D eigenvalue weighted by molar-refractivity contribution is 0.725. The van der Waals surface area contributed by atoms with Gasteiger partial charge in [0.15, 0.2) is 0 Å². The van der Waals surface area contributed by atoms with Gasteiger partial charge >= 0.3 is 0 Å². The van der Waals surface area contributed by atoms with Crippen LogP contribution in [0.1, 0.15) is 38.2 Å². The molecule has 2 rings (SSSR count). The van der Waals surface area contributed by atoms with E-state index in [0.29, 0.717) is 0 Å². The smallest absolute Gasteiger partial charge is 0.0369 e. The molecular weight excluding hydrogens is 208 g/mol. The second-order valence-electron chi connectivity index (χ2n) is 4.85. The molecule has 1 aliphatic rings. The number of benzene rings is 1. The SMILES string of the molecule is CCNCc1cccc(N2CCCCCC2)c1. The highest BCUT2D eigenvalue weighted by Crippen LogP contribution is 2.20. The van der Waals surface area contributed by atoms with Crippen molar-refractivity contribution in [3.63, 3.8) is 0 Å². The molecule has 0 saturated carbocycles. The molecule has 0 unspecified atom stereocenters. The summed E-state index contributed by atoms with van der Waals surface area (Å²) in [4.78, 5) is 2.54. The zero-order valence-corrected chi connectivity index (χ0v) is 10.9. The largest absolute Gasteiger partial charge is 0.372 e. The van der Waals surface area contributed by atoms with E-state index in [1.165, 1.54) is 50.0 Å². The highest BCUT2D eigenvalue weighted by Gasteiger charge is 2.09. The third-order valence-corrected chi connectivity index (χ3v) is 3.46. The first-order valence-electron chi connectivity index (χ1n) is 6.95. The van der Waals surface area contributed by atoms with Gasteiger partial charge in [0.1, 0.15) is 0 Å². The van der Waals surface area contributed by atoms with Crippen molar-refractivity contribution in [2.45, 2.75) is 39.2 Å². The fourth-order valence-electron chi connectivity index (χ4n) is 2.46. The Morgan fingerprint density at radius 2 is 1.88 bits per heavy atom. The van der Waals surface area contributed by atoms with Crippen LogP contribution in [0.25, 0.3) is 0 Å². The summed E-state index contributed by atoms with van der Waals surface area (Å²) < 4.78 is 0. The molecule has 1 N–H and O–H groups in total. The molecule has 0 radical (unpaired) electrons. The maximum Gasteiger partial charge on any atom is 0.0369 e. The van der Waals surface area contributed by atoms with Crippen molar-refractivity contribution in [1.82, 2.24) is 5.32 Å². The lowest BCUT2D eigenvalue weighted by Crippen LogP contribution is -2.24. The van der Waals surface area contributed by atoms with Gasteiger partial charge in [-0.05, 0) is 37.1 Å². The van der Waals surface area contributed by atoms with Gasteiger partial charge in [-0.15, -0.1) is 0 Å². The highest BCUT2D eigenvalue weighted by atomic mass is 15.1.